The zero-order valence-corrected chi connectivity index (χ0v) is 24.5. The summed E-state index contributed by atoms with van der Waals surface area (Å²) in [4.78, 5) is 42.2. The molecule has 1 aromatic carbocycles. The van der Waals surface area contributed by atoms with Gasteiger partial charge >= 0.3 is 0 Å². The maximum Gasteiger partial charge on any atom is 0.242 e. The molecule has 0 aliphatic carbocycles. The van der Waals surface area contributed by atoms with Crippen LogP contribution in [-0.2, 0) is 19.1 Å². The number of rotatable bonds is 6. The summed E-state index contributed by atoms with van der Waals surface area (Å²) in [5.74, 6) is 0.847. The highest BCUT2D eigenvalue weighted by Crippen LogP contribution is 2.37. The largest absolute Gasteiger partial charge is 0.495 e. The lowest BCUT2D eigenvalue weighted by Crippen LogP contribution is -2.57. The van der Waals surface area contributed by atoms with Crippen LogP contribution in [0.4, 0.5) is 5.69 Å². The lowest BCUT2D eigenvalue weighted by atomic mass is 9.74. The Bertz CT molecular complexity index is 1080. The van der Waals surface area contributed by atoms with Crippen molar-refractivity contribution in [3.8, 4) is 5.75 Å². The minimum atomic E-state index is -0.611. The Morgan fingerprint density at radius 1 is 1.20 bits per heavy atom. The van der Waals surface area contributed by atoms with E-state index in [1.54, 1.807) is 7.11 Å². The van der Waals surface area contributed by atoms with Crippen LogP contribution in [-0.4, -0.2) is 74.7 Å². The molecule has 2 saturated heterocycles. The maximum absolute atomic E-state index is 13.8. The number of benzene rings is 1. The van der Waals surface area contributed by atoms with Gasteiger partial charge in [-0.3, -0.25) is 19.3 Å². The van der Waals surface area contributed by atoms with Crippen LogP contribution in [0.1, 0.15) is 57.9 Å². The second-order valence-corrected chi connectivity index (χ2v) is 12.1. The Hall–Kier alpha value is -2.91. The van der Waals surface area contributed by atoms with Gasteiger partial charge in [-0.1, -0.05) is 32.1 Å². The number of aryl methyl sites for hydroxylation is 1. The van der Waals surface area contributed by atoms with Crippen LogP contribution >= 0.6 is 0 Å². The smallest absolute Gasteiger partial charge is 0.242 e. The van der Waals surface area contributed by atoms with Gasteiger partial charge in [-0.2, -0.15) is 0 Å². The average Bonchev–Trinajstić information content (AvgIpc) is 2.92. The van der Waals surface area contributed by atoms with Gasteiger partial charge in [-0.15, -0.1) is 0 Å². The number of fused-ring (bicyclic) bond motifs is 1. The first-order chi connectivity index (χ1) is 19.2. The molecule has 4 rings (SSSR count). The van der Waals surface area contributed by atoms with Gasteiger partial charge in [0.25, 0.3) is 0 Å². The molecule has 220 valence electrons. The van der Waals surface area contributed by atoms with Gasteiger partial charge in [0.15, 0.2) is 0 Å². The predicted octanol–water partition coefficient (Wildman–Crippen LogP) is 3.43. The standard InChI is InChI=1S/C31H46N4O5/c1-21(2)17-26-29(37)33-24-10-16-40-20-23(24)7-5-6-11-31(30(38)34-26)12-14-35(15-13-31)19-28(36)32-25-18-22(3)8-9-27(25)39-4/h5-6,8-9,18,21,23-24,26H,7,10-17,19-20H2,1-4H3,(H,32,36)(H,33,37)(H,34,38)/b6-5-/t23-,24+,26+/m0/s1. The van der Waals surface area contributed by atoms with Gasteiger partial charge in [0, 0.05) is 18.6 Å². The molecule has 3 aliphatic heterocycles. The fraction of sp³-hybridized carbons (Fsp3) is 0.645. The van der Waals surface area contributed by atoms with Crippen LogP contribution in [0.15, 0.2) is 30.4 Å². The molecule has 3 heterocycles. The van der Waals surface area contributed by atoms with Crippen LogP contribution in [0.3, 0.4) is 0 Å². The van der Waals surface area contributed by atoms with Crippen molar-refractivity contribution in [1.29, 1.82) is 0 Å². The Labute approximate surface area is 238 Å². The van der Waals surface area contributed by atoms with Gasteiger partial charge in [0.05, 0.1) is 31.4 Å². The van der Waals surface area contributed by atoms with Crippen molar-refractivity contribution in [2.45, 2.75) is 71.4 Å². The van der Waals surface area contributed by atoms with Gasteiger partial charge in [-0.05, 0) is 82.2 Å². The number of likely N-dealkylation sites (tertiary alicyclic amines) is 1. The topological polar surface area (TPSA) is 109 Å². The molecule has 0 saturated carbocycles. The van der Waals surface area contributed by atoms with Crippen LogP contribution in [0.5, 0.6) is 5.75 Å². The molecule has 0 aromatic heterocycles. The molecule has 0 bridgehead atoms. The van der Waals surface area contributed by atoms with E-state index in [1.165, 1.54) is 0 Å². The molecule has 1 aromatic rings. The Morgan fingerprint density at radius 3 is 2.70 bits per heavy atom. The molecule has 3 amide bonds. The summed E-state index contributed by atoms with van der Waals surface area (Å²) in [6.07, 6.45) is 8.33. The van der Waals surface area contributed by atoms with E-state index in [1.807, 2.05) is 25.1 Å². The Morgan fingerprint density at radius 2 is 1.98 bits per heavy atom. The van der Waals surface area contributed by atoms with E-state index in [0.29, 0.717) is 63.4 Å². The number of anilines is 1. The van der Waals surface area contributed by atoms with Gasteiger partial charge < -0.3 is 25.4 Å². The summed E-state index contributed by atoms with van der Waals surface area (Å²) in [5, 5.41) is 9.36. The second-order valence-electron chi connectivity index (χ2n) is 12.1. The number of hydrogen-bond donors (Lipinski definition) is 3. The third-order valence-electron chi connectivity index (χ3n) is 8.54. The minimum absolute atomic E-state index is 0.0556. The number of carbonyl (C=O) groups excluding carboxylic acids is 3. The van der Waals surface area contributed by atoms with Crippen LogP contribution in [0, 0.1) is 24.2 Å². The van der Waals surface area contributed by atoms with E-state index in [2.05, 4.69) is 46.8 Å². The van der Waals surface area contributed by atoms with E-state index >= 15 is 0 Å². The SMILES string of the molecule is COc1ccc(C)cc1NC(=O)CN1CCC2(C/C=C\C[C@H]3COCC[C@H]3NC(=O)[C@@H](CC(C)C)NC2=O)CC1. The summed E-state index contributed by atoms with van der Waals surface area (Å²) in [6, 6.07) is 5.18. The number of allylic oxidation sites excluding steroid dienone is 2. The first kappa shape index (κ1) is 30.1. The molecule has 1 spiro atoms. The zero-order chi connectivity index (χ0) is 28.7. The molecular weight excluding hydrogens is 508 g/mol. The summed E-state index contributed by atoms with van der Waals surface area (Å²) >= 11 is 0. The number of nitrogens with one attached hydrogen (secondary N) is 3. The minimum Gasteiger partial charge on any atom is -0.495 e. The summed E-state index contributed by atoms with van der Waals surface area (Å²) in [5.41, 5.74) is 1.08. The molecule has 0 radical (unpaired) electrons. The van der Waals surface area contributed by atoms with Crippen molar-refractivity contribution in [3.05, 3.63) is 35.9 Å². The molecule has 9 heteroatoms. The third kappa shape index (κ3) is 7.63. The van der Waals surface area contributed by atoms with Gasteiger partial charge in [0.1, 0.15) is 11.8 Å². The summed E-state index contributed by atoms with van der Waals surface area (Å²) < 4.78 is 11.1. The van der Waals surface area contributed by atoms with Crippen molar-refractivity contribution in [2.75, 3.05) is 45.3 Å². The van der Waals surface area contributed by atoms with E-state index in [-0.39, 0.29) is 42.1 Å². The summed E-state index contributed by atoms with van der Waals surface area (Å²) in [6.45, 7) is 8.88. The second kappa shape index (κ2) is 13.6. The van der Waals surface area contributed by atoms with Crippen molar-refractivity contribution >= 4 is 23.4 Å². The number of methoxy groups -OCH3 is 1. The molecule has 2 fully saturated rings. The molecule has 9 nitrogen and oxygen atoms in total. The van der Waals surface area contributed by atoms with Crippen LogP contribution in [0.25, 0.3) is 0 Å². The Kier molecular flexibility index (Phi) is 10.2. The van der Waals surface area contributed by atoms with E-state index < -0.39 is 11.5 Å². The van der Waals surface area contributed by atoms with E-state index in [9.17, 15) is 14.4 Å². The molecule has 40 heavy (non-hydrogen) atoms. The molecular formula is C31H46N4O5. The molecule has 0 unspecified atom stereocenters. The monoisotopic (exact) mass is 554 g/mol. The molecule has 3 aliphatic rings. The highest BCUT2D eigenvalue weighted by atomic mass is 16.5. The highest BCUT2D eigenvalue weighted by Gasteiger charge is 2.42. The zero-order valence-electron chi connectivity index (χ0n) is 24.5. The van der Waals surface area contributed by atoms with Gasteiger partial charge in [-0.25, -0.2) is 0 Å². The van der Waals surface area contributed by atoms with E-state index in [0.717, 1.165) is 18.4 Å². The van der Waals surface area contributed by atoms with Crippen molar-refractivity contribution in [2.24, 2.45) is 17.3 Å². The quantitative estimate of drug-likeness (QED) is 0.465. The predicted molar refractivity (Wildman–Crippen MR) is 155 cm³/mol. The number of amides is 3. The average molecular weight is 555 g/mol. The number of ether oxygens (including phenoxy) is 2. The first-order valence-electron chi connectivity index (χ1n) is 14.7. The van der Waals surface area contributed by atoms with Crippen LogP contribution < -0.4 is 20.7 Å². The highest BCUT2D eigenvalue weighted by molar-refractivity contribution is 5.94. The fourth-order valence-electron chi connectivity index (χ4n) is 6.07. The van der Waals surface area contributed by atoms with Crippen molar-refractivity contribution in [3.63, 3.8) is 0 Å². The lowest BCUT2D eigenvalue weighted by Gasteiger charge is -2.41. The number of carbonyl (C=O) groups is 3. The normalized spacial score (nSPS) is 26.6. The molecule has 3 N–H and O–H groups in total. The van der Waals surface area contributed by atoms with Gasteiger partial charge in [0.2, 0.25) is 17.7 Å². The number of hydrogen-bond acceptors (Lipinski definition) is 6. The molecule has 3 atom stereocenters. The maximum atomic E-state index is 13.8. The number of nitrogens with zero attached hydrogens (tertiary/aromatic N) is 1. The lowest BCUT2D eigenvalue weighted by molar-refractivity contribution is -0.138. The first-order valence-corrected chi connectivity index (χ1v) is 14.7. The Balaban J connectivity index is 1.44. The van der Waals surface area contributed by atoms with Crippen molar-refractivity contribution < 1.29 is 23.9 Å². The fourth-order valence-corrected chi connectivity index (χ4v) is 6.07. The van der Waals surface area contributed by atoms with E-state index in [4.69, 9.17) is 9.47 Å². The van der Waals surface area contributed by atoms with Crippen molar-refractivity contribution in [1.82, 2.24) is 15.5 Å². The third-order valence-corrected chi connectivity index (χ3v) is 8.54. The summed E-state index contributed by atoms with van der Waals surface area (Å²) in [7, 11) is 1.59. The van der Waals surface area contributed by atoms with Crippen LogP contribution in [0.2, 0.25) is 0 Å². The number of piperidine rings is 1.